The number of aromatic nitrogens is 2. The fraction of sp³-hybridized carbons (Fsp3) is 0.286. The van der Waals surface area contributed by atoms with Crippen molar-refractivity contribution in [2.24, 2.45) is 5.84 Å². The number of rotatable bonds is 5. The van der Waals surface area contributed by atoms with Gasteiger partial charge in [0.1, 0.15) is 23.3 Å². The van der Waals surface area contributed by atoms with Gasteiger partial charge >= 0.3 is 0 Å². The molecule has 0 saturated heterocycles. The number of aryl methyl sites for hydroxylation is 2. The van der Waals surface area contributed by atoms with Gasteiger partial charge in [0.15, 0.2) is 0 Å². The maximum Gasteiger partial charge on any atom is 0.145 e. The number of nitrogen functional groups attached to an aromatic ring is 1. The van der Waals surface area contributed by atoms with Gasteiger partial charge in [0.2, 0.25) is 0 Å². The maximum absolute atomic E-state index is 13.0. The summed E-state index contributed by atoms with van der Waals surface area (Å²) >= 11 is 0. The van der Waals surface area contributed by atoms with Gasteiger partial charge in [0.25, 0.3) is 0 Å². The van der Waals surface area contributed by atoms with Crippen molar-refractivity contribution in [2.75, 3.05) is 17.3 Å². The third-order valence-electron chi connectivity index (χ3n) is 2.99. The summed E-state index contributed by atoms with van der Waals surface area (Å²) in [6, 6.07) is 6.57. The molecule has 1 aromatic heterocycles. The molecule has 5 nitrogen and oxygen atoms in total. The molecule has 0 aliphatic heterocycles. The lowest BCUT2D eigenvalue weighted by Crippen LogP contribution is -2.12. The van der Waals surface area contributed by atoms with Gasteiger partial charge in [-0.05, 0) is 43.5 Å². The van der Waals surface area contributed by atoms with Crippen molar-refractivity contribution in [3.05, 3.63) is 47.0 Å². The quantitative estimate of drug-likeness (QED) is 0.576. The zero-order valence-electron chi connectivity index (χ0n) is 11.6. The van der Waals surface area contributed by atoms with E-state index >= 15 is 0 Å². The van der Waals surface area contributed by atoms with Gasteiger partial charge in [-0.15, -0.1) is 0 Å². The van der Waals surface area contributed by atoms with Crippen molar-refractivity contribution in [1.82, 2.24) is 9.97 Å². The summed E-state index contributed by atoms with van der Waals surface area (Å²) in [6.45, 7) is 4.41. The molecule has 6 heteroatoms. The minimum atomic E-state index is -0.204. The standard InChI is InChI=1S/C14H18FN5/c1-9-7-12(15)4-3-11(9)5-6-17-13-8-14(20-16)19-10(2)18-13/h3-4,7-8H,5-6,16H2,1-2H3,(H2,17,18,19,20). The van der Waals surface area contributed by atoms with Gasteiger partial charge in [0, 0.05) is 12.6 Å². The van der Waals surface area contributed by atoms with E-state index in [9.17, 15) is 4.39 Å². The second-order valence-electron chi connectivity index (χ2n) is 4.58. The molecular formula is C14H18FN5. The van der Waals surface area contributed by atoms with Crippen LogP contribution in [0.1, 0.15) is 17.0 Å². The van der Waals surface area contributed by atoms with Crippen molar-refractivity contribution in [3.63, 3.8) is 0 Å². The lowest BCUT2D eigenvalue weighted by Gasteiger charge is -2.09. The number of nitrogens with zero attached hydrogens (tertiary/aromatic N) is 2. The molecule has 0 bridgehead atoms. The predicted octanol–water partition coefficient (Wildman–Crippen LogP) is 2.17. The average molecular weight is 275 g/mol. The van der Waals surface area contributed by atoms with Crippen molar-refractivity contribution in [3.8, 4) is 0 Å². The smallest absolute Gasteiger partial charge is 0.145 e. The Morgan fingerprint density at radius 1 is 1.15 bits per heavy atom. The first kappa shape index (κ1) is 14.2. The fourth-order valence-electron chi connectivity index (χ4n) is 2.00. The Hall–Kier alpha value is -2.21. The first-order valence-electron chi connectivity index (χ1n) is 6.39. The molecule has 106 valence electrons. The second kappa shape index (κ2) is 6.29. The van der Waals surface area contributed by atoms with Gasteiger partial charge < -0.3 is 10.7 Å². The summed E-state index contributed by atoms with van der Waals surface area (Å²) in [5.41, 5.74) is 4.57. The summed E-state index contributed by atoms with van der Waals surface area (Å²) in [7, 11) is 0. The van der Waals surface area contributed by atoms with E-state index in [1.165, 1.54) is 6.07 Å². The van der Waals surface area contributed by atoms with E-state index < -0.39 is 0 Å². The molecule has 0 fully saturated rings. The van der Waals surface area contributed by atoms with Crippen LogP contribution in [0.5, 0.6) is 0 Å². The van der Waals surface area contributed by atoms with Crippen LogP contribution < -0.4 is 16.6 Å². The molecule has 0 unspecified atom stereocenters. The number of nitrogens with two attached hydrogens (primary N) is 1. The lowest BCUT2D eigenvalue weighted by molar-refractivity contribution is 0.625. The minimum absolute atomic E-state index is 0.204. The van der Waals surface area contributed by atoms with E-state index in [-0.39, 0.29) is 5.82 Å². The highest BCUT2D eigenvalue weighted by Crippen LogP contribution is 2.13. The van der Waals surface area contributed by atoms with E-state index in [0.29, 0.717) is 24.0 Å². The monoisotopic (exact) mass is 275 g/mol. The average Bonchev–Trinajstić information content (AvgIpc) is 2.40. The van der Waals surface area contributed by atoms with Crippen molar-refractivity contribution in [1.29, 1.82) is 0 Å². The summed E-state index contributed by atoms with van der Waals surface area (Å²) in [5, 5.41) is 3.21. The lowest BCUT2D eigenvalue weighted by atomic mass is 10.1. The molecule has 4 N–H and O–H groups in total. The third kappa shape index (κ3) is 3.64. The fourth-order valence-corrected chi connectivity index (χ4v) is 2.00. The van der Waals surface area contributed by atoms with E-state index in [1.807, 2.05) is 13.0 Å². The van der Waals surface area contributed by atoms with Crippen LogP contribution in [-0.4, -0.2) is 16.5 Å². The molecule has 1 aromatic carbocycles. The van der Waals surface area contributed by atoms with Gasteiger partial charge in [-0.3, -0.25) is 0 Å². The van der Waals surface area contributed by atoms with Crippen molar-refractivity contribution in [2.45, 2.75) is 20.3 Å². The molecule has 20 heavy (non-hydrogen) atoms. The molecule has 1 heterocycles. The van der Waals surface area contributed by atoms with E-state index in [2.05, 4.69) is 20.7 Å². The van der Waals surface area contributed by atoms with Crippen LogP contribution in [0.2, 0.25) is 0 Å². The number of nitrogens with one attached hydrogen (secondary N) is 2. The Morgan fingerprint density at radius 3 is 2.60 bits per heavy atom. The zero-order chi connectivity index (χ0) is 14.5. The normalized spacial score (nSPS) is 10.4. The molecular weight excluding hydrogens is 257 g/mol. The van der Waals surface area contributed by atoms with Crippen LogP contribution in [0.15, 0.2) is 24.3 Å². The number of benzene rings is 1. The molecule has 0 saturated carbocycles. The summed E-state index contributed by atoms with van der Waals surface area (Å²) in [4.78, 5) is 8.39. The highest BCUT2D eigenvalue weighted by molar-refractivity contribution is 5.46. The number of hydrogen-bond donors (Lipinski definition) is 3. The van der Waals surface area contributed by atoms with Crippen LogP contribution in [0.3, 0.4) is 0 Å². The van der Waals surface area contributed by atoms with Gasteiger partial charge in [-0.1, -0.05) is 6.07 Å². The molecule has 2 aromatic rings. The second-order valence-corrected chi connectivity index (χ2v) is 4.58. The number of anilines is 2. The summed E-state index contributed by atoms with van der Waals surface area (Å²) < 4.78 is 13.0. The first-order valence-corrected chi connectivity index (χ1v) is 6.39. The van der Waals surface area contributed by atoms with E-state index in [4.69, 9.17) is 5.84 Å². The molecule has 0 atom stereocenters. The Balaban J connectivity index is 1.97. The summed E-state index contributed by atoms with van der Waals surface area (Å²) in [6.07, 6.45) is 0.792. The molecule has 2 rings (SSSR count). The Kier molecular flexibility index (Phi) is 4.47. The number of hydrazine groups is 1. The molecule has 0 amide bonds. The van der Waals surface area contributed by atoms with Crippen molar-refractivity contribution >= 4 is 11.6 Å². The first-order chi connectivity index (χ1) is 9.58. The maximum atomic E-state index is 13.0. The SMILES string of the molecule is Cc1nc(NN)cc(NCCc2ccc(F)cc2C)n1. The van der Waals surface area contributed by atoms with Crippen molar-refractivity contribution < 1.29 is 4.39 Å². The van der Waals surface area contributed by atoms with E-state index in [1.54, 1.807) is 19.1 Å². The largest absolute Gasteiger partial charge is 0.370 e. The molecule has 0 aliphatic carbocycles. The molecule has 0 spiro atoms. The Labute approximate surface area is 117 Å². The minimum Gasteiger partial charge on any atom is -0.370 e. The van der Waals surface area contributed by atoms with Crippen LogP contribution in [0, 0.1) is 19.7 Å². The highest BCUT2D eigenvalue weighted by Gasteiger charge is 2.02. The Bertz CT molecular complexity index is 600. The summed E-state index contributed by atoms with van der Waals surface area (Å²) in [5.74, 6) is 7.05. The van der Waals surface area contributed by atoms with Crippen LogP contribution >= 0.6 is 0 Å². The topological polar surface area (TPSA) is 75.9 Å². The Morgan fingerprint density at radius 2 is 1.90 bits per heavy atom. The van der Waals surface area contributed by atoms with Gasteiger partial charge in [0.05, 0.1) is 0 Å². The van der Waals surface area contributed by atoms with E-state index in [0.717, 1.165) is 17.5 Å². The number of hydrogen-bond acceptors (Lipinski definition) is 5. The predicted molar refractivity (Wildman–Crippen MR) is 77.9 cm³/mol. The van der Waals surface area contributed by atoms with Crippen LogP contribution in [0.25, 0.3) is 0 Å². The van der Waals surface area contributed by atoms with Crippen LogP contribution in [-0.2, 0) is 6.42 Å². The van der Waals surface area contributed by atoms with Crippen LogP contribution in [0.4, 0.5) is 16.0 Å². The third-order valence-corrected chi connectivity index (χ3v) is 2.99. The highest BCUT2D eigenvalue weighted by atomic mass is 19.1. The molecule has 0 radical (unpaired) electrons. The number of halogens is 1. The molecule has 0 aliphatic rings. The van der Waals surface area contributed by atoms with Gasteiger partial charge in [-0.25, -0.2) is 20.2 Å². The zero-order valence-corrected chi connectivity index (χ0v) is 11.6. The van der Waals surface area contributed by atoms with Gasteiger partial charge in [-0.2, -0.15) is 0 Å².